The lowest BCUT2D eigenvalue weighted by atomic mass is 10.2. The van der Waals surface area contributed by atoms with E-state index in [1.807, 2.05) is 0 Å². The molecule has 1 aliphatic rings. The van der Waals surface area contributed by atoms with Crippen LogP contribution >= 0.6 is 11.6 Å². The van der Waals surface area contributed by atoms with E-state index in [9.17, 15) is 0 Å². The number of ether oxygens (including phenoxy) is 2. The van der Waals surface area contributed by atoms with E-state index in [0.29, 0.717) is 0 Å². The van der Waals surface area contributed by atoms with Crippen LogP contribution in [0.1, 0.15) is 19.3 Å². The molecule has 0 aliphatic carbocycles. The second-order valence-electron chi connectivity index (χ2n) is 2.19. The highest BCUT2D eigenvalue weighted by Crippen LogP contribution is 2.13. The van der Waals surface area contributed by atoms with Crippen LogP contribution in [0.2, 0.25) is 0 Å². The molecule has 1 atom stereocenters. The molecular formula is C7H11ClO2. The van der Waals surface area contributed by atoms with Gasteiger partial charge in [0, 0.05) is 12.0 Å². The Bertz CT molecular complexity index is 108. The van der Waals surface area contributed by atoms with E-state index >= 15 is 0 Å². The van der Waals surface area contributed by atoms with E-state index in [4.69, 9.17) is 21.1 Å². The van der Waals surface area contributed by atoms with E-state index in [1.165, 1.54) is 18.2 Å². The normalized spacial score (nSPS) is 27.1. The Labute approximate surface area is 65.8 Å². The highest BCUT2D eigenvalue weighted by molar-refractivity contribution is 6.25. The van der Waals surface area contributed by atoms with Gasteiger partial charge in [0.15, 0.2) is 6.29 Å². The van der Waals surface area contributed by atoms with Crippen molar-refractivity contribution in [3.63, 3.8) is 0 Å². The van der Waals surface area contributed by atoms with Crippen molar-refractivity contribution in [2.24, 2.45) is 0 Å². The number of hydrogen-bond acceptors (Lipinski definition) is 2. The molecule has 0 amide bonds. The Hall–Kier alpha value is -0.210. The molecule has 1 aliphatic heterocycles. The lowest BCUT2D eigenvalue weighted by molar-refractivity contribution is -0.129. The van der Waals surface area contributed by atoms with Crippen LogP contribution in [0, 0.1) is 0 Å². The molecule has 0 aromatic rings. The SMILES string of the molecule is Cl/C=C\OC1CCCCO1. The van der Waals surface area contributed by atoms with Crippen molar-refractivity contribution in [1.29, 1.82) is 0 Å². The molecule has 10 heavy (non-hydrogen) atoms. The Morgan fingerprint density at radius 1 is 1.50 bits per heavy atom. The molecule has 1 fully saturated rings. The molecule has 0 aromatic carbocycles. The predicted molar refractivity (Wildman–Crippen MR) is 39.7 cm³/mol. The van der Waals surface area contributed by atoms with Gasteiger partial charge in [0.05, 0.1) is 12.9 Å². The average molecular weight is 163 g/mol. The summed E-state index contributed by atoms with van der Waals surface area (Å²) in [5.41, 5.74) is 1.35. The van der Waals surface area contributed by atoms with Crippen molar-refractivity contribution in [1.82, 2.24) is 0 Å². The minimum atomic E-state index is -0.0660. The molecule has 0 spiro atoms. The van der Waals surface area contributed by atoms with Crippen LogP contribution < -0.4 is 0 Å². The van der Waals surface area contributed by atoms with Gasteiger partial charge in [0.1, 0.15) is 0 Å². The molecular weight excluding hydrogens is 152 g/mol. The van der Waals surface area contributed by atoms with Gasteiger partial charge in [-0.1, -0.05) is 11.6 Å². The summed E-state index contributed by atoms with van der Waals surface area (Å²) in [7, 11) is 0. The summed E-state index contributed by atoms with van der Waals surface area (Å²) in [4.78, 5) is 0. The molecule has 1 unspecified atom stereocenters. The zero-order valence-corrected chi connectivity index (χ0v) is 6.51. The molecule has 2 nitrogen and oxygen atoms in total. The Morgan fingerprint density at radius 3 is 3.00 bits per heavy atom. The number of hydrogen-bond donors (Lipinski definition) is 0. The van der Waals surface area contributed by atoms with Crippen LogP contribution in [0.15, 0.2) is 11.8 Å². The van der Waals surface area contributed by atoms with Crippen molar-refractivity contribution >= 4 is 11.6 Å². The van der Waals surface area contributed by atoms with Crippen molar-refractivity contribution in [2.45, 2.75) is 25.6 Å². The summed E-state index contributed by atoms with van der Waals surface area (Å²) in [6.07, 6.45) is 4.69. The maximum atomic E-state index is 5.26. The zero-order chi connectivity index (χ0) is 7.23. The Balaban J connectivity index is 2.13. The van der Waals surface area contributed by atoms with Gasteiger partial charge in [-0.05, 0) is 12.8 Å². The van der Waals surface area contributed by atoms with E-state index in [0.717, 1.165) is 19.4 Å². The van der Waals surface area contributed by atoms with Crippen molar-refractivity contribution < 1.29 is 9.47 Å². The lowest BCUT2D eigenvalue weighted by Gasteiger charge is -2.21. The molecule has 0 radical (unpaired) electrons. The van der Waals surface area contributed by atoms with Gasteiger partial charge in [-0.3, -0.25) is 0 Å². The topological polar surface area (TPSA) is 18.5 Å². The van der Waals surface area contributed by atoms with Crippen LogP contribution in [0.5, 0.6) is 0 Å². The fourth-order valence-electron chi connectivity index (χ4n) is 0.936. The maximum absolute atomic E-state index is 5.26. The lowest BCUT2D eigenvalue weighted by Crippen LogP contribution is -2.19. The fourth-order valence-corrected chi connectivity index (χ4v) is 0.995. The second-order valence-corrected chi connectivity index (χ2v) is 2.45. The third-order valence-corrected chi connectivity index (χ3v) is 1.52. The largest absolute Gasteiger partial charge is 0.472 e. The first-order valence-electron chi connectivity index (χ1n) is 3.46. The first-order chi connectivity index (χ1) is 4.93. The third-order valence-electron chi connectivity index (χ3n) is 1.42. The third kappa shape index (κ3) is 2.58. The van der Waals surface area contributed by atoms with Gasteiger partial charge in [0.25, 0.3) is 0 Å². The van der Waals surface area contributed by atoms with Crippen molar-refractivity contribution in [3.8, 4) is 0 Å². The molecule has 0 saturated carbocycles. The standard InChI is InChI=1S/C7H11ClO2/c8-4-6-10-7-3-1-2-5-9-7/h4,6-7H,1-3,5H2/b6-4-. The molecule has 1 heterocycles. The summed E-state index contributed by atoms with van der Waals surface area (Å²) in [5.74, 6) is 0. The quantitative estimate of drug-likeness (QED) is 0.580. The average Bonchev–Trinajstić information content (AvgIpc) is 2.03. The number of halogens is 1. The maximum Gasteiger partial charge on any atom is 0.198 e. The predicted octanol–water partition coefficient (Wildman–Crippen LogP) is 2.24. The zero-order valence-electron chi connectivity index (χ0n) is 5.75. The number of rotatable bonds is 2. The van der Waals surface area contributed by atoms with Gasteiger partial charge < -0.3 is 9.47 Å². The Kier molecular flexibility index (Phi) is 3.62. The van der Waals surface area contributed by atoms with E-state index in [-0.39, 0.29) is 6.29 Å². The van der Waals surface area contributed by atoms with Gasteiger partial charge in [0.2, 0.25) is 0 Å². The summed E-state index contributed by atoms with van der Waals surface area (Å²) >= 11 is 5.26. The Morgan fingerprint density at radius 2 is 2.40 bits per heavy atom. The van der Waals surface area contributed by atoms with Crippen molar-refractivity contribution in [3.05, 3.63) is 11.8 Å². The molecule has 1 rings (SSSR count). The van der Waals surface area contributed by atoms with Crippen LogP contribution in [-0.4, -0.2) is 12.9 Å². The second kappa shape index (κ2) is 4.58. The summed E-state index contributed by atoms with van der Waals surface area (Å²) in [5, 5.41) is 0. The molecule has 3 heteroatoms. The molecule has 0 N–H and O–H groups in total. The van der Waals surface area contributed by atoms with Gasteiger partial charge in [-0.25, -0.2) is 0 Å². The highest BCUT2D eigenvalue weighted by Gasteiger charge is 2.12. The smallest absolute Gasteiger partial charge is 0.198 e. The van der Waals surface area contributed by atoms with Crippen LogP contribution in [-0.2, 0) is 9.47 Å². The summed E-state index contributed by atoms with van der Waals surface area (Å²) in [6.45, 7) is 0.806. The summed E-state index contributed by atoms with van der Waals surface area (Å²) in [6, 6.07) is 0. The van der Waals surface area contributed by atoms with E-state index in [1.54, 1.807) is 0 Å². The highest BCUT2D eigenvalue weighted by atomic mass is 35.5. The first kappa shape index (κ1) is 7.89. The molecule has 0 aromatic heterocycles. The molecule has 58 valence electrons. The first-order valence-corrected chi connectivity index (χ1v) is 3.89. The summed E-state index contributed by atoms with van der Waals surface area (Å²) < 4.78 is 10.3. The minimum absolute atomic E-state index is 0.0660. The monoisotopic (exact) mass is 162 g/mol. The van der Waals surface area contributed by atoms with Crippen LogP contribution in [0.3, 0.4) is 0 Å². The van der Waals surface area contributed by atoms with Crippen LogP contribution in [0.4, 0.5) is 0 Å². The van der Waals surface area contributed by atoms with Gasteiger partial charge in [-0.15, -0.1) is 0 Å². The van der Waals surface area contributed by atoms with Crippen molar-refractivity contribution in [2.75, 3.05) is 6.61 Å². The molecule has 0 bridgehead atoms. The van der Waals surface area contributed by atoms with Gasteiger partial charge >= 0.3 is 0 Å². The molecule has 1 saturated heterocycles. The van der Waals surface area contributed by atoms with Gasteiger partial charge in [-0.2, -0.15) is 0 Å². The van der Waals surface area contributed by atoms with Crippen LogP contribution in [0.25, 0.3) is 0 Å². The fraction of sp³-hybridized carbons (Fsp3) is 0.714. The van der Waals surface area contributed by atoms with E-state index in [2.05, 4.69) is 0 Å². The minimum Gasteiger partial charge on any atom is -0.472 e. The van der Waals surface area contributed by atoms with E-state index < -0.39 is 0 Å².